The zero-order valence-corrected chi connectivity index (χ0v) is 9.69. The third kappa shape index (κ3) is 3.25. The van der Waals surface area contributed by atoms with Crippen LogP contribution in [-0.2, 0) is 0 Å². The molecule has 0 saturated heterocycles. The summed E-state index contributed by atoms with van der Waals surface area (Å²) in [5.41, 5.74) is 1.60. The van der Waals surface area contributed by atoms with E-state index in [-0.39, 0.29) is 6.61 Å². The molecule has 0 spiro atoms. The number of benzene rings is 1. The first-order chi connectivity index (χ1) is 7.83. The van der Waals surface area contributed by atoms with Crippen LogP contribution in [0.25, 0.3) is 0 Å². The predicted molar refractivity (Wildman–Crippen MR) is 65.4 cm³/mol. The number of anilines is 1. The first kappa shape index (κ1) is 12.5. The Morgan fingerprint density at radius 1 is 1.31 bits per heavy atom. The molecule has 0 aromatic heterocycles. The molecule has 0 amide bonds. The summed E-state index contributed by atoms with van der Waals surface area (Å²) in [4.78, 5) is 2.07. The quantitative estimate of drug-likeness (QED) is 0.796. The van der Waals surface area contributed by atoms with Gasteiger partial charge >= 0.3 is 0 Å². The summed E-state index contributed by atoms with van der Waals surface area (Å²) in [6, 6.07) is 9.72. The van der Waals surface area contributed by atoms with Gasteiger partial charge in [-0.05, 0) is 18.6 Å². The van der Waals surface area contributed by atoms with Crippen molar-refractivity contribution in [1.29, 1.82) is 5.26 Å². The molecular weight excluding hydrogens is 200 g/mol. The molecule has 0 aliphatic heterocycles. The lowest BCUT2D eigenvalue weighted by Crippen LogP contribution is -2.28. The van der Waals surface area contributed by atoms with Crippen molar-refractivity contribution in [3.8, 4) is 6.07 Å². The SMILES string of the molecule is CCCCN(CCO)c1ccccc1C#N. The molecule has 0 unspecified atom stereocenters. The van der Waals surface area contributed by atoms with Gasteiger partial charge in [-0.1, -0.05) is 25.5 Å². The third-order valence-corrected chi connectivity index (χ3v) is 2.52. The second-order valence-electron chi connectivity index (χ2n) is 3.69. The molecule has 3 heteroatoms. The number of para-hydroxylation sites is 1. The first-order valence-electron chi connectivity index (χ1n) is 5.68. The van der Waals surface area contributed by atoms with Crippen molar-refractivity contribution in [1.82, 2.24) is 0 Å². The van der Waals surface area contributed by atoms with E-state index in [9.17, 15) is 0 Å². The highest BCUT2D eigenvalue weighted by molar-refractivity contribution is 5.59. The van der Waals surface area contributed by atoms with Gasteiger partial charge in [0.1, 0.15) is 6.07 Å². The van der Waals surface area contributed by atoms with Crippen molar-refractivity contribution >= 4 is 5.69 Å². The second kappa shape index (κ2) is 6.86. The molecule has 0 aliphatic rings. The number of hydrogen-bond donors (Lipinski definition) is 1. The number of hydrogen-bond acceptors (Lipinski definition) is 3. The van der Waals surface area contributed by atoms with Gasteiger partial charge < -0.3 is 10.0 Å². The van der Waals surface area contributed by atoms with Crippen LogP contribution in [0, 0.1) is 11.3 Å². The molecule has 0 atom stereocenters. The summed E-state index contributed by atoms with van der Waals surface area (Å²) in [6.07, 6.45) is 2.18. The van der Waals surface area contributed by atoms with Crippen LogP contribution >= 0.6 is 0 Å². The van der Waals surface area contributed by atoms with Crippen LogP contribution in [0.15, 0.2) is 24.3 Å². The molecule has 1 rings (SSSR count). The minimum absolute atomic E-state index is 0.115. The van der Waals surface area contributed by atoms with Crippen LogP contribution in [0.3, 0.4) is 0 Å². The predicted octanol–water partition coefficient (Wildman–Crippen LogP) is 2.16. The van der Waals surface area contributed by atoms with Crippen molar-refractivity contribution in [3.05, 3.63) is 29.8 Å². The van der Waals surface area contributed by atoms with E-state index in [0.717, 1.165) is 25.1 Å². The summed E-state index contributed by atoms with van der Waals surface area (Å²) in [5.74, 6) is 0. The number of aliphatic hydroxyl groups is 1. The van der Waals surface area contributed by atoms with Crippen molar-refractivity contribution in [2.75, 3.05) is 24.6 Å². The van der Waals surface area contributed by atoms with E-state index in [4.69, 9.17) is 10.4 Å². The van der Waals surface area contributed by atoms with Crippen LogP contribution in [0.1, 0.15) is 25.3 Å². The zero-order valence-electron chi connectivity index (χ0n) is 9.69. The topological polar surface area (TPSA) is 47.3 Å². The maximum atomic E-state index is 9.04. The Bertz CT molecular complexity index is 357. The molecule has 0 bridgehead atoms. The Kier molecular flexibility index (Phi) is 5.38. The molecule has 0 radical (unpaired) electrons. The van der Waals surface area contributed by atoms with Crippen LogP contribution in [-0.4, -0.2) is 24.8 Å². The fourth-order valence-corrected chi connectivity index (χ4v) is 1.67. The second-order valence-corrected chi connectivity index (χ2v) is 3.69. The molecule has 1 N–H and O–H groups in total. The number of nitrogens with zero attached hydrogens (tertiary/aromatic N) is 2. The highest BCUT2D eigenvalue weighted by Gasteiger charge is 2.09. The molecule has 86 valence electrons. The van der Waals surface area contributed by atoms with Crippen molar-refractivity contribution in [3.63, 3.8) is 0 Å². The lowest BCUT2D eigenvalue weighted by atomic mass is 10.1. The normalized spacial score (nSPS) is 9.81. The summed E-state index contributed by atoms with van der Waals surface area (Å²) >= 11 is 0. The lowest BCUT2D eigenvalue weighted by molar-refractivity contribution is 0.301. The van der Waals surface area contributed by atoms with Crippen molar-refractivity contribution < 1.29 is 5.11 Å². The van der Waals surface area contributed by atoms with Gasteiger partial charge in [0.2, 0.25) is 0 Å². The van der Waals surface area contributed by atoms with Crippen molar-refractivity contribution in [2.45, 2.75) is 19.8 Å². The Labute approximate surface area is 96.9 Å². The van der Waals surface area contributed by atoms with E-state index in [0.29, 0.717) is 12.1 Å². The number of nitriles is 1. The maximum absolute atomic E-state index is 9.04. The monoisotopic (exact) mass is 218 g/mol. The summed E-state index contributed by atoms with van der Waals surface area (Å²) in [5, 5.41) is 18.1. The molecule has 1 aromatic rings. The average Bonchev–Trinajstić information content (AvgIpc) is 2.34. The van der Waals surface area contributed by atoms with Gasteiger partial charge in [-0.2, -0.15) is 5.26 Å². The number of aliphatic hydroxyl groups excluding tert-OH is 1. The summed E-state index contributed by atoms with van der Waals surface area (Å²) in [7, 11) is 0. The van der Waals surface area contributed by atoms with Gasteiger partial charge in [0.15, 0.2) is 0 Å². The van der Waals surface area contributed by atoms with Gasteiger partial charge in [-0.25, -0.2) is 0 Å². The number of rotatable bonds is 6. The molecule has 0 saturated carbocycles. The molecule has 16 heavy (non-hydrogen) atoms. The largest absolute Gasteiger partial charge is 0.395 e. The fourth-order valence-electron chi connectivity index (χ4n) is 1.67. The van der Waals surface area contributed by atoms with Gasteiger partial charge in [-0.15, -0.1) is 0 Å². The average molecular weight is 218 g/mol. The standard InChI is InChI=1S/C13H18N2O/c1-2-3-8-15(9-10-16)13-7-5-4-6-12(13)11-14/h4-7,16H,2-3,8-10H2,1H3. The smallest absolute Gasteiger partial charge is 0.101 e. The lowest BCUT2D eigenvalue weighted by Gasteiger charge is -2.24. The third-order valence-electron chi connectivity index (χ3n) is 2.52. The van der Waals surface area contributed by atoms with E-state index < -0.39 is 0 Å². The minimum atomic E-state index is 0.115. The van der Waals surface area contributed by atoms with E-state index in [1.54, 1.807) is 0 Å². The van der Waals surface area contributed by atoms with E-state index in [1.807, 2.05) is 24.3 Å². The fraction of sp³-hybridized carbons (Fsp3) is 0.462. The molecular formula is C13H18N2O. The number of unbranched alkanes of at least 4 members (excludes halogenated alkanes) is 1. The minimum Gasteiger partial charge on any atom is -0.395 e. The van der Waals surface area contributed by atoms with Crippen LogP contribution in [0.5, 0.6) is 0 Å². The van der Waals surface area contributed by atoms with Crippen LogP contribution in [0.4, 0.5) is 5.69 Å². The Morgan fingerprint density at radius 2 is 2.06 bits per heavy atom. The Balaban J connectivity index is 2.87. The van der Waals surface area contributed by atoms with Gasteiger partial charge in [0.25, 0.3) is 0 Å². The van der Waals surface area contributed by atoms with Gasteiger partial charge in [0.05, 0.1) is 17.9 Å². The maximum Gasteiger partial charge on any atom is 0.101 e. The Hall–Kier alpha value is -1.53. The summed E-state index contributed by atoms with van der Waals surface area (Å²) < 4.78 is 0. The highest BCUT2D eigenvalue weighted by atomic mass is 16.3. The van der Waals surface area contributed by atoms with Gasteiger partial charge in [0, 0.05) is 13.1 Å². The van der Waals surface area contributed by atoms with Crippen LogP contribution < -0.4 is 4.90 Å². The molecule has 3 nitrogen and oxygen atoms in total. The van der Waals surface area contributed by atoms with Gasteiger partial charge in [-0.3, -0.25) is 0 Å². The molecule has 0 fully saturated rings. The van der Waals surface area contributed by atoms with Crippen LogP contribution in [0.2, 0.25) is 0 Å². The van der Waals surface area contributed by atoms with E-state index in [2.05, 4.69) is 17.9 Å². The molecule has 1 aromatic carbocycles. The molecule has 0 aliphatic carbocycles. The summed E-state index contributed by atoms with van der Waals surface area (Å²) in [6.45, 7) is 3.71. The van der Waals surface area contributed by atoms with E-state index >= 15 is 0 Å². The Morgan fingerprint density at radius 3 is 2.69 bits per heavy atom. The van der Waals surface area contributed by atoms with Crippen molar-refractivity contribution in [2.24, 2.45) is 0 Å². The van der Waals surface area contributed by atoms with E-state index in [1.165, 1.54) is 0 Å². The molecule has 0 heterocycles. The highest BCUT2D eigenvalue weighted by Crippen LogP contribution is 2.19. The first-order valence-corrected chi connectivity index (χ1v) is 5.68. The zero-order chi connectivity index (χ0) is 11.8.